The van der Waals surface area contributed by atoms with E-state index in [9.17, 15) is 13.6 Å². The van der Waals surface area contributed by atoms with Crippen LogP contribution in [0.5, 0.6) is 0 Å². The maximum atomic E-state index is 14.0. The van der Waals surface area contributed by atoms with Gasteiger partial charge in [-0.2, -0.15) is 5.10 Å². The minimum Gasteiger partial charge on any atom is -0.383 e. The fraction of sp³-hybridized carbons (Fsp3) is 0. The predicted octanol–water partition coefficient (Wildman–Crippen LogP) is 3.51. The van der Waals surface area contributed by atoms with Crippen molar-refractivity contribution in [2.75, 3.05) is 5.73 Å². The van der Waals surface area contributed by atoms with E-state index in [4.69, 9.17) is 5.73 Å². The maximum Gasteiger partial charge on any atom is 0.198 e. The Labute approximate surface area is 146 Å². The number of anilines is 1. The summed E-state index contributed by atoms with van der Waals surface area (Å²) >= 11 is 0. The molecule has 128 valence electrons. The molecule has 0 bridgehead atoms. The first-order valence-electron chi connectivity index (χ1n) is 7.73. The van der Waals surface area contributed by atoms with Crippen molar-refractivity contribution in [3.8, 4) is 5.69 Å². The summed E-state index contributed by atoms with van der Waals surface area (Å²) in [6.07, 6.45) is 2.94. The van der Waals surface area contributed by atoms with E-state index in [0.717, 1.165) is 27.7 Å². The van der Waals surface area contributed by atoms with Crippen LogP contribution in [0.3, 0.4) is 0 Å². The third-order valence-electron chi connectivity index (χ3n) is 4.05. The third-order valence-corrected chi connectivity index (χ3v) is 4.05. The zero-order chi connectivity index (χ0) is 18.3. The number of carbonyl (C=O) groups is 1. The fourth-order valence-electron chi connectivity index (χ4n) is 2.75. The number of nitrogen functional groups attached to an aromatic ring is 1. The normalized spacial score (nSPS) is 11.0. The van der Waals surface area contributed by atoms with Gasteiger partial charge in [0.25, 0.3) is 0 Å². The van der Waals surface area contributed by atoms with E-state index >= 15 is 0 Å². The molecule has 4 aromatic rings. The number of nitrogens with zero attached hydrogens (tertiary/aromatic N) is 3. The number of benzene rings is 2. The van der Waals surface area contributed by atoms with Crippen molar-refractivity contribution >= 4 is 22.5 Å². The van der Waals surface area contributed by atoms with E-state index in [1.54, 1.807) is 30.5 Å². The van der Waals surface area contributed by atoms with Gasteiger partial charge in [-0.05, 0) is 36.4 Å². The van der Waals surface area contributed by atoms with Crippen molar-refractivity contribution in [3.63, 3.8) is 0 Å². The van der Waals surface area contributed by atoms with Gasteiger partial charge in [-0.3, -0.25) is 9.78 Å². The second kappa shape index (κ2) is 6.03. The van der Waals surface area contributed by atoms with Crippen LogP contribution in [0.4, 0.5) is 14.6 Å². The van der Waals surface area contributed by atoms with Crippen LogP contribution < -0.4 is 5.73 Å². The smallest absolute Gasteiger partial charge is 0.198 e. The summed E-state index contributed by atoms with van der Waals surface area (Å²) in [5, 5.41) is 4.80. The second-order valence-corrected chi connectivity index (χ2v) is 5.69. The first-order valence-corrected chi connectivity index (χ1v) is 7.73. The molecule has 2 aromatic heterocycles. The average Bonchev–Trinajstić information content (AvgIpc) is 3.02. The monoisotopic (exact) mass is 350 g/mol. The summed E-state index contributed by atoms with van der Waals surface area (Å²) in [5.74, 6) is -1.90. The molecule has 0 unspecified atom stereocenters. The van der Waals surface area contributed by atoms with Gasteiger partial charge in [0.05, 0.1) is 17.3 Å². The SMILES string of the molecule is Nc1c(C(=O)c2ccc3ncccc3c2)cnn1-c1ccc(F)cc1F. The molecular weight excluding hydrogens is 338 g/mol. The molecule has 0 aliphatic carbocycles. The lowest BCUT2D eigenvalue weighted by molar-refractivity contribution is 0.103. The molecule has 26 heavy (non-hydrogen) atoms. The average molecular weight is 350 g/mol. The first-order chi connectivity index (χ1) is 12.5. The Hall–Kier alpha value is -3.61. The van der Waals surface area contributed by atoms with Crippen molar-refractivity contribution in [2.24, 2.45) is 0 Å². The van der Waals surface area contributed by atoms with Gasteiger partial charge in [-0.15, -0.1) is 0 Å². The van der Waals surface area contributed by atoms with E-state index in [0.29, 0.717) is 5.56 Å². The third kappa shape index (κ3) is 2.59. The predicted molar refractivity (Wildman–Crippen MR) is 93.1 cm³/mol. The van der Waals surface area contributed by atoms with Gasteiger partial charge in [0.1, 0.15) is 17.3 Å². The molecule has 0 saturated carbocycles. The van der Waals surface area contributed by atoms with Gasteiger partial charge < -0.3 is 5.73 Å². The Bertz CT molecular complexity index is 1150. The van der Waals surface area contributed by atoms with E-state index in [1.807, 2.05) is 6.07 Å². The highest BCUT2D eigenvalue weighted by atomic mass is 19.1. The van der Waals surface area contributed by atoms with Crippen molar-refractivity contribution in [1.82, 2.24) is 14.8 Å². The van der Waals surface area contributed by atoms with Gasteiger partial charge in [0.2, 0.25) is 0 Å². The molecule has 0 amide bonds. The van der Waals surface area contributed by atoms with Crippen molar-refractivity contribution in [2.45, 2.75) is 0 Å². The van der Waals surface area contributed by atoms with Crippen LogP contribution in [0.25, 0.3) is 16.6 Å². The molecule has 0 fully saturated rings. The molecule has 2 heterocycles. The minimum absolute atomic E-state index is 0.0215. The molecule has 0 saturated heterocycles. The van der Waals surface area contributed by atoms with Gasteiger partial charge in [-0.1, -0.05) is 6.07 Å². The topological polar surface area (TPSA) is 73.8 Å². The molecule has 0 radical (unpaired) electrons. The van der Waals surface area contributed by atoms with E-state index in [2.05, 4.69) is 10.1 Å². The van der Waals surface area contributed by atoms with Crippen LogP contribution in [0.1, 0.15) is 15.9 Å². The molecule has 5 nitrogen and oxygen atoms in total. The molecule has 2 aromatic carbocycles. The van der Waals surface area contributed by atoms with E-state index in [-0.39, 0.29) is 22.9 Å². The number of rotatable bonds is 3. The molecule has 0 spiro atoms. The van der Waals surface area contributed by atoms with Gasteiger partial charge in [0.15, 0.2) is 11.6 Å². The maximum absolute atomic E-state index is 14.0. The first kappa shape index (κ1) is 15.9. The van der Waals surface area contributed by atoms with Gasteiger partial charge >= 0.3 is 0 Å². The summed E-state index contributed by atoms with van der Waals surface area (Å²) in [5.41, 5.74) is 7.28. The number of nitrogens with two attached hydrogens (primary N) is 1. The Morgan fingerprint density at radius 1 is 1.08 bits per heavy atom. The van der Waals surface area contributed by atoms with Crippen LogP contribution in [0, 0.1) is 11.6 Å². The van der Waals surface area contributed by atoms with Crippen LogP contribution in [0.15, 0.2) is 60.9 Å². The van der Waals surface area contributed by atoms with Crippen LogP contribution in [0.2, 0.25) is 0 Å². The Morgan fingerprint density at radius 3 is 2.73 bits per heavy atom. The van der Waals surface area contributed by atoms with Crippen LogP contribution >= 0.6 is 0 Å². The molecule has 2 N–H and O–H groups in total. The quantitative estimate of drug-likeness (QED) is 0.574. The summed E-state index contributed by atoms with van der Waals surface area (Å²) in [6, 6.07) is 11.8. The summed E-state index contributed by atoms with van der Waals surface area (Å²) in [7, 11) is 0. The standard InChI is InChI=1S/C19H12F2N4O/c20-13-4-6-17(15(21)9-13)25-19(22)14(10-24-25)18(26)12-3-5-16-11(8-12)2-1-7-23-16/h1-10H,22H2. The van der Waals surface area contributed by atoms with Crippen molar-refractivity contribution in [3.05, 3.63) is 83.7 Å². The highest BCUT2D eigenvalue weighted by Crippen LogP contribution is 2.23. The lowest BCUT2D eigenvalue weighted by Gasteiger charge is -2.07. The van der Waals surface area contributed by atoms with Gasteiger partial charge in [-0.25, -0.2) is 13.5 Å². The number of hydrogen-bond donors (Lipinski definition) is 1. The molecule has 7 heteroatoms. The summed E-state index contributed by atoms with van der Waals surface area (Å²) in [6.45, 7) is 0. The molecule has 0 aliphatic rings. The Morgan fingerprint density at radius 2 is 1.92 bits per heavy atom. The lowest BCUT2D eigenvalue weighted by Crippen LogP contribution is -2.08. The number of aromatic nitrogens is 3. The molecule has 4 rings (SSSR count). The Balaban J connectivity index is 1.76. The fourth-order valence-corrected chi connectivity index (χ4v) is 2.75. The van der Waals surface area contributed by atoms with Crippen LogP contribution in [-0.4, -0.2) is 20.5 Å². The highest BCUT2D eigenvalue weighted by molar-refractivity contribution is 6.12. The largest absolute Gasteiger partial charge is 0.383 e. The number of halogens is 2. The summed E-state index contributed by atoms with van der Waals surface area (Å²) in [4.78, 5) is 17.0. The van der Waals surface area contributed by atoms with E-state index in [1.165, 1.54) is 12.3 Å². The minimum atomic E-state index is -0.824. The van der Waals surface area contributed by atoms with Gasteiger partial charge in [0, 0.05) is 23.2 Å². The number of fused-ring (bicyclic) bond motifs is 1. The number of pyridine rings is 1. The Kier molecular flexibility index (Phi) is 3.69. The number of hydrogen-bond acceptors (Lipinski definition) is 4. The summed E-state index contributed by atoms with van der Waals surface area (Å²) < 4.78 is 28.1. The molecular formula is C19H12F2N4O. The second-order valence-electron chi connectivity index (χ2n) is 5.69. The number of carbonyl (C=O) groups excluding carboxylic acids is 1. The van der Waals surface area contributed by atoms with E-state index < -0.39 is 11.6 Å². The van der Waals surface area contributed by atoms with Crippen LogP contribution in [-0.2, 0) is 0 Å². The zero-order valence-electron chi connectivity index (χ0n) is 13.4. The zero-order valence-corrected chi connectivity index (χ0v) is 13.4. The molecule has 0 aliphatic heterocycles. The van der Waals surface area contributed by atoms with Crippen molar-refractivity contribution in [1.29, 1.82) is 0 Å². The highest BCUT2D eigenvalue weighted by Gasteiger charge is 2.19. The van der Waals surface area contributed by atoms with Crippen molar-refractivity contribution < 1.29 is 13.6 Å². The molecule has 0 atom stereocenters. The lowest BCUT2D eigenvalue weighted by atomic mass is 10.0. The number of ketones is 1.